The van der Waals surface area contributed by atoms with E-state index in [0.717, 1.165) is 5.56 Å². The van der Waals surface area contributed by atoms with Gasteiger partial charge >= 0.3 is 11.9 Å². The Morgan fingerprint density at radius 3 is 2.38 bits per heavy atom. The van der Waals surface area contributed by atoms with E-state index in [-0.39, 0.29) is 11.1 Å². The molecule has 0 bridgehead atoms. The van der Waals surface area contributed by atoms with E-state index in [9.17, 15) is 9.59 Å². The second-order valence-electron chi connectivity index (χ2n) is 4.59. The van der Waals surface area contributed by atoms with Crippen LogP contribution in [0, 0.1) is 0 Å². The molecule has 0 spiro atoms. The molecule has 2 rings (SSSR count). The summed E-state index contributed by atoms with van der Waals surface area (Å²) in [5.41, 5.74) is 6.95. The third-order valence-electron chi connectivity index (χ3n) is 3.20. The Kier molecular flexibility index (Phi) is 4.72. The van der Waals surface area contributed by atoms with E-state index in [1.807, 2.05) is 30.3 Å². The molecule has 0 saturated carbocycles. The molecule has 0 aliphatic heterocycles. The molecule has 1 unspecified atom stereocenters. The average molecular weight is 305 g/mol. The highest BCUT2D eigenvalue weighted by molar-refractivity contribution is 7.10. The van der Waals surface area contributed by atoms with E-state index in [4.69, 9.17) is 15.9 Å². The number of thiophene rings is 1. The fraction of sp³-hybridized carbons (Fsp3) is 0.200. The molecule has 0 fully saturated rings. The van der Waals surface area contributed by atoms with Crippen molar-refractivity contribution >= 4 is 23.3 Å². The van der Waals surface area contributed by atoms with Gasteiger partial charge in [-0.3, -0.25) is 4.79 Å². The summed E-state index contributed by atoms with van der Waals surface area (Å²) in [6.07, 6.45) is 1.28. The number of rotatable bonds is 6. The number of aromatic carboxylic acids is 1. The number of nitrogens with two attached hydrogens (primary N) is 1. The predicted octanol–water partition coefficient (Wildman–Crippen LogP) is 2.32. The normalized spacial score (nSPS) is 12.0. The summed E-state index contributed by atoms with van der Waals surface area (Å²) >= 11 is 1.25. The van der Waals surface area contributed by atoms with Gasteiger partial charge in [0.05, 0.1) is 5.56 Å². The molecule has 1 atom stereocenters. The molecular formula is C15H15NO4S. The molecule has 2 aromatic rings. The SMILES string of the molecule is NC(C(=O)O)c1c(C(=O)O)csc1CCc1ccccc1. The molecule has 1 heterocycles. The van der Waals surface area contributed by atoms with Crippen LogP contribution < -0.4 is 5.73 Å². The van der Waals surface area contributed by atoms with Gasteiger partial charge < -0.3 is 15.9 Å². The lowest BCUT2D eigenvalue weighted by Crippen LogP contribution is -2.23. The molecular weight excluding hydrogens is 290 g/mol. The second kappa shape index (κ2) is 6.51. The summed E-state index contributed by atoms with van der Waals surface area (Å²) in [5, 5.41) is 19.7. The van der Waals surface area contributed by atoms with E-state index < -0.39 is 18.0 Å². The maximum absolute atomic E-state index is 11.2. The number of benzene rings is 1. The highest BCUT2D eigenvalue weighted by atomic mass is 32.1. The topological polar surface area (TPSA) is 101 Å². The standard InChI is InChI=1S/C15H15NO4S/c16-13(15(19)20)12-10(14(17)18)8-21-11(12)7-6-9-4-2-1-3-5-9/h1-5,8,13H,6-7,16H2,(H,17,18)(H,19,20). The van der Waals surface area contributed by atoms with E-state index >= 15 is 0 Å². The Bertz CT molecular complexity index is 651. The maximum atomic E-state index is 11.2. The number of hydrogen-bond acceptors (Lipinski definition) is 4. The largest absolute Gasteiger partial charge is 0.480 e. The third kappa shape index (κ3) is 3.48. The number of aliphatic carboxylic acids is 1. The lowest BCUT2D eigenvalue weighted by atomic mass is 10.00. The summed E-state index contributed by atoms with van der Waals surface area (Å²) < 4.78 is 0. The monoisotopic (exact) mass is 305 g/mol. The average Bonchev–Trinajstić information content (AvgIpc) is 2.89. The molecule has 0 amide bonds. The predicted molar refractivity (Wildman–Crippen MR) is 79.7 cm³/mol. The summed E-state index contributed by atoms with van der Waals surface area (Å²) in [5.74, 6) is -2.37. The van der Waals surface area contributed by atoms with Crippen LogP contribution in [-0.2, 0) is 17.6 Å². The highest BCUT2D eigenvalue weighted by Gasteiger charge is 2.26. The summed E-state index contributed by atoms with van der Waals surface area (Å²) in [6.45, 7) is 0. The van der Waals surface area contributed by atoms with Crippen LogP contribution in [0.4, 0.5) is 0 Å². The van der Waals surface area contributed by atoms with E-state index in [0.29, 0.717) is 17.7 Å². The highest BCUT2D eigenvalue weighted by Crippen LogP contribution is 2.29. The van der Waals surface area contributed by atoms with Crippen molar-refractivity contribution in [3.8, 4) is 0 Å². The van der Waals surface area contributed by atoms with Crippen molar-refractivity contribution in [2.24, 2.45) is 5.73 Å². The van der Waals surface area contributed by atoms with Crippen LogP contribution in [0.1, 0.15) is 32.4 Å². The van der Waals surface area contributed by atoms with Gasteiger partial charge in [-0.2, -0.15) is 0 Å². The van der Waals surface area contributed by atoms with E-state index in [2.05, 4.69) is 0 Å². The molecule has 1 aromatic carbocycles. The quantitative estimate of drug-likeness (QED) is 0.760. The Hall–Kier alpha value is -2.18. The first-order valence-corrected chi connectivity index (χ1v) is 7.24. The number of hydrogen-bond donors (Lipinski definition) is 3. The van der Waals surface area contributed by atoms with Gasteiger partial charge in [-0.1, -0.05) is 30.3 Å². The molecule has 5 nitrogen and oxygen atoms in total. The first-order valence-electron chi connectivity index (χ1n) is 6.36. The number of carbonyl (C=O) groups is 2. The minimum absolute atomic E-state index is 0.0158. The first-order chi connectivity index (χ1) is 10.0. The van der Waals surface area contributed by atoms with Crippen molar-refractivity contribution in [2.45, 2.75) is 18.9 Å². The Labute approximate surface area is 125 Å². The summed E-state index contributed by atoms with van der Waals surface area (Å²) in [4.78, 5) is 23.0. The van der Waals surface area contributed by atoms with Gasteiger partial charge in [0.15, 0.2) is 0 Å². The van der Waals surface area contributed by atoms with Gasteiger partial charge in [-0.15, -0.1) is 11.3 Å². The molecule has 0 aliphatic rings. The molecule has 4 N–H and O–H groups in total. The lowest BCUT2D eigenvalue weighted by molar-refractivity contribution is -0.138. The van der Waals surface area contributed by atoms with Crippen LogP contribution in [0.3, 0.4) is 0 Å². The minimum Gasteiger partial charge on any atom is -0.480 e. The summed E-state index contributed by atoms with van der Waals surface area (Å²) in [7, 11) is 0. The minimum atomic E-state index is -1.31. The van der Waals surface area contributed by atoms with Gasteiger partial charge in [0.1, 0.15) is 6.04 Å². The van der Waals surface area contributed by atoms with Crippen LogP contribution in [0.2, 0.25) is 0 Å². The number of aryl methyl sites for hydroxylation is 2. The lowest BCUT2D eigenvalue weighted by Gasteiger charge is -2.10. The second-order valence-corrected chi connectivity index (χ2v) is 5.56. The van der Waals surface area contributed by atoms with Gasteiger partial charge in [0, 0.05) is 15.8 Å². The first kappa shape index (κ1) is 15.2. The van der Waals surface area contributed by atoms with Crippen molar-refractivity contribution in [2.75, 3.05) is 0 Å². The zero-order chi connectivity index (χ0) is 15.4. The van der Waals surface area contributed by atoms with Gasteiger partial charge in [0.25, 0.3) is 0 Å². The zero-order valence-corrected chi connectivity index (χ0v) is 12.0. The number of carboxylic acid groups (broad SMARTS) is 2. The van der Waals surface area contributed by atoms with Crippen molar-refractivity contribution in [1.82, 2.24) is 0 Å². The van der Waals surface area contributed by atoms with Gasteiger partial charge in [-0.05, 0) is 18.4 Å². The van der Waals surface area contributed by atoms with Crippen LogP contribution in [0.15, 0.2) is 35.7 Å². The molecule has 1 aromatic heterocycles. The fourth-order valence-electron chi connectivity index (χ4n) is 2.13. The van der Waals surface area contributed by atoms with Crippen LogP contribution in [0.5, 0.6) is 0 Å². The van der Waals surface area contributed by atoms with Crippen molar-refractivity contribution in [3.05, 3.63) is 57.3 Å². The molecule has 110 valence electrons. The van der Waals surface area contributed by atoms with Crippen LogP contribution >= 0.6 is 11.3 Å². The van der Waals surface area contributed by atoms with E-state index in [1.165, 1.54) is 16.7 Å². The van der Waals surface area contributed by atoms with Crippen LogP contribution in [0.25, 0.3) is 0 Å². The third-order valence-corrected chi connectivity index (χ3v) is 4.26. The molecule has 0 saturated heterocycles. The van der Waals surface area contributed by atoms with Crippen molar-refractivity contribution in [1.29, 1.82) is 0 Å². The van der Waals surface area contributed by atoms with Crippen LogP contribution in [-0.4, -0.2) is 22.2 Å². The molecule has 21 heavy (non-hydrogen) atoms. The Morgan fingerprint density at radius 2 is 1.81 bits per heavy atom. The summed E-state index contributed by atoms with van der Waals surface area (Å²) in [6, 6.07) is 8.41. The zero-order valence-electron chi connectivity index (χ0n) is 11.2. The molecule has 0 aliphatic carbocycles. The fourth-order valence-corrected chi connectivity index (χ4v) is 3.21. The molecule has 0 radical (unpaired) electrons. The van der Waals surface area contributed by atoms with Gasteiger partial charge in [-0.25, -0.2) is 4.79 Å². The maximum Gasteiger partial charge on any atom is 0.336 e. The molecule has 6 heteroatoms. The van der Waals surface area contributed by atoms with E-state index in [1.54, 1.807) is 0 Å². The van der Waals surface area contributed by atoms with Gasteiger partial charge in [0.2, 0.25) is 0 Å². The van der Waals surface area contributed by atoms with Crippen molar-refractivity contribution in [3.63, 3.8) is 0 Å². The smallest absolute Gasteiger partial charge is 0.336 e. The number of carboxylic acids is 2. The Morgan fingerprint density at radius 1 is 1.14 bits per heavy atom. The Balaban J connectivity index is 2.27. The van der Waals surface area contributed by atoms with Crippen molar-refractivity contribution < 1.29 is 19.8 Å².